The van der Waals surface area contributed by atoms with Crippen molar-refractivity contribution in [1.82, 2.24) is 9.62 Å². The van der Waals surface area contributed by atoms with E-state index in [0.29, 0.717) is 26.2 Å². The zero-order chi connectivity index (χ0) is 21.0. The van der Waals surface area contributed by atoms with Gasteiger partial charge in [0.05, 0.1) is 18.0 Å². The van der Waals surface area contributed by atoms with Crippen LogP contribution in [-0.4, -0.2) is 58.6 Å². The number of sulfonamides is 1. The van der Waals surface area contributed by atoms with Crippen LogP contribution in [0.4, 0.5) is 5.69 Å². The first-order valence-corrected chi connectivity index (χ1v) is 11.1. The second-order valence-corrected chi connectivity index (χ2v) is 8.88. The third-order valence-electron chi connectivity index (χ3n) is 5.06. The molecule has 0 saturated carbocycles. The maximum Gasteiger partial charge on any atom is 0.241 e. The summed E-state index contributed by atoms with van der Waals surface area (Å²) in [6.45, 7) is 5.94. The van der Waals surface area contributed by atoms with Gasteiger partial charge in [0.25, 0.3) is 0 Å². The van der Waals surface area contributed by atoms with Crippen LogP contribution >= 0.6 is 0 Å². The lowest BCUT2D eigenvalue weighted by molar-refractivity contribution is -0.132. The monoisotopic (exact) mass is 417 g/mol. The van der Waals surface area contributed by atoms with Gasteiger partial charge in [-0.05, 0) is 50.2 Å². The average Bonchev–Trinajstić information content (AvgIpc) is 2.73. The minimum Gasteiger partial charge on any atom is -0.497 e. The lowest BCUT2D eigenvalue weighted by Gasteiger charge is -2.37. The zero-order valence-electron chi connectivity index (χ0n) is 17.0. The van der Waals surface area contributed by atoms with Crippen molar-refractivity contribution in [3.63, 3.8) is 0 Å². The van der Waals surface area contributed by atoms with Crippen LogP contribution in [0.5, 0.6) is 5.75 Å². The molecule has 1 N–H and O–H groups in total. The smallest absolute Gasteiger partial charge is 0.241 e. The number of nitrogens with one attached hydrogen (secondary N) is 1. The number of hydrogen-bond acceptors (Lipinski definition) is 5. The first-order chi connectivity index (χ1) is 13.8. The number of carbonyl (C=O) groups is 1. The molecule has 1 aliphatic rings. The van der Waals surface area contributed by atoms with Crippen LogP contribution < -0.4 is 14.4 Å². The zero-order valence-corrected chi connectivity index (χ0v) is 17.8. The van der Waals surface area contributed by atoms with Crippen molar-refractivity contribution in [1.29, 1.82) is 0 Å². The van der Waals surface area contributed by atoms with Crippen LogP contribution in [0.25, 0.3) is 0 Å². The van der Waals surface area contributed by atoms with Crippen molar-refractivity contribution in [3.05, 3.63) is 54.1 Å². The molecule has 0 unspecified atom stereocenters. The molecule has 1 heterocycles. The fourth-order valence-electron chi connectivity index (χ4n) is 3.32. The number of amides is 1. The van der Waals surface area contributed by atoms with Crippen LogP contribution in [0.2, 0.25) is 0 Å². The first kappa shape index (κ1) is 21.1. The molecule has 1 atom stereocenters. The Labute approximate surface area is 172 Å². The van der Waals surface area contributed by atoms with E-state index in [0.717, 1.165) is 17.0 Å². The number of nitrogens with zero attached hydrogens (tertiary/aromatic N) is 2. The molecule has 8 heteroatoms. The Morgan fingerprint density at radius 2 is 1.59 bits per heavy atom. The van der Waals surface area contributed by atoms with E-state index in [2.05, 4.69) is 9.62 Å². The number of benzene rings is 2. The molecule has 29 heavy (non-hydrogen) atoms. The summed E-state index contributed by atoms with van der Waals surface area (Å²) in [6.07, 6.45) is 0. The van der Waals surface area contributed by atoms with E-state index in [-0.39, 0.29) is 10.8 Å². The third-order valence-corrected chi connectivity index (χ3v) is 6.62. The van der Waals surface area contributed by atoms with Crippen LogP contribution in [0.3, 0.4) is 0 Å². The predicted octanol–water partition coefficient (Wildman–Crippen LogP) is 2.02. The molecule has 1 fully saturated rings. The molecule has 2 aromatic carbocycles. The summed E-state index contributed by atoms with van der Waals surface area (Å²) >= 11 is 0. The highest BCUT2D eigenvalue weighted by Gasteiger charge is 2.28. The van der Waals surface area contributed by atoms with Gasteiger partial charge in [0.1, 0.15) is 5.75 Å². The number of aryl methyl sites for hydroxylation is 1. The first-order valence-electron chi connectivity index (χ1n) is 9.57. The number of ether oxygens (including phenoxy) is 1. The van der Waals surface area contributed by atoms with Crippen molar-refractivity contribution < 1.29 is 17.9 Å². The third kappa shape index (κ3) is 5.07. The van der Waals surface area contributed by atoms with Crippen LogP contribution in [-0.2, 0) is 14.8 Å². The van der Waals surface area contributed by atoms with E-state index in [1.54, 1.807) is 43.2 Å². The highest BCUT2D eigenvalue weighted by Crippen LogP contribution is 2.21. The summed E-state index contributed by atoms with van der Waals surface area (Å²) < 4.78 is 32.7. The molecule has 0 spiro atoms. The molecular weight excluding hydrogens is 390 g/mol. The van der Waals surface area contributed by atoms with Gasteiger partial charge >= 0.3 is 0 Å². The van der Waals surface area contributed by atoms with Crippen molar-refractivity contribution in [2.75, 3.05) is 38.2 Å². The maximum atomic E-state index is 12.8. The van der Waals surface area contributed by atoms with Gasteiger partial charge in [-0.2, -0.15) is 4.72 Å². The Morgan fingerprint density at radius 1 is 1.00 bits per heavy atom. The molecule has 1 aliphatic heterocycles. The van der Waals surface area contributed by atoms with E-state index in [4.69, 9.17) is 4.74 Å². The minimum absolute atomic E-state index is 0.159. The van der Waals surface area contributed by atoms with Gasteiger partial charge < -0.3 is 14.5 Å². The van der Waals surface area contributed by atoms with Gasteiger partial charge in [-0.1, -0.05) is 17.7 Å². The molecule has 1 saturated heterocycles. The van der Waals surface area contributed by atoms with E-state index >= 15 is 0 Å². The van der Waals surface area contributed by atoms with Crippen molar-refractivity contribution in [2.45, 2.75) is 24.8 Å². The standard InChI is InChI=1S/C21H27N3O4S/c1-16-4-10-20(11-5-16)29(26,27)22-17(2)21(25)24-14-12-23(13-15-24)18-6-8-19(28-3)9-7-18/h4-11,17,22H,12-15H2,1-3H3/t17-/m0/s1. The minimum atomic E-state index is -3.74. The number of anilines is 1. The summed E-state index contributed by atoms with van der Waals surface area (Å²) in [4.78, 5) is 16.8. The van der Waals surface area contributed by atoms with Crippen LogP contribution in [0, 0.1) is 6.92 Å². The van der Waals surface area contributed by atoms with Crippen LogP contribution in [0.15, 0.2) is 53.4 Å². The Balaban J connectivity index is 1.57. The van der Waals surface area contributed by atoms with Gasteiger partial charge in [0, 0.05) is 31.9 Å². The normalized spacial score (nSPS) is 15.8. The molecule has 156 valence electrons. The van der Waals surface area contributed by atoms with Crippen molar-refractivity contribution >= 4 is 21.6 Å². The molecule has 3 rings (SSSR count). The SMILES string of the molecule is COc1ccc(N2CCN(C(=O)[C@H](C)NS(=O)(=O)c3ccc(C)cc3)CC2)cc1. The van der Waals surface area contributed by atoms with Gasteiger partial charge in [-0.25, -0.2) is 8.42 Å². The number of carbonyl (C=O) groups excluding carboxylic acids is 1. The van der Waals surface area contributed by atoms with Gasteiger partial charge in [0.15, 0.2) is 0 Å². The topological polar surface area (TPSA) is 79.0 Å². The Morgan fingerprint density at radius 3 is 2.14 bits per heavy atom. The Kier molecular flexibility index (Phi) is 6.44. The lowest BCUT2D eigenvalue weighted by atomic mass is 10.2. The lowest BCUT2D eigenvalue weighted by Crippen LogP contribution is -2.54. The summed E-state index contributed by atoms with van der Waals surface area (Å²) in [5, 5.41) is 0. The van der Waals surface area contributed by atoms with Gasteiger partial charge in [0.2, 0.25) is 15.9 Å². The number of methoxy groups -OCH3 is 1. The van der Waals surface area contributed by atoms with Crippen LogP contribution in [0.1, 0.15) is 12.5 Å². The van der Waals surface area contributed by atoms with Gasteiger partial charge in [-0.3, -0.25) is 4.79 Å². The molecule has 0 radical (unpaired) electrons. The summed E-state index contributed by atoms with van der Waals surface area (Å²) in [5.74, 6) is 0.590. The van der Waals surface area contributed by atoms with E-state index in [1.807, 2.05) is 31.2 Å². The molecule has 1 amide bonds. The van der Waals surface area contributed by atoms with E-state index < -0.39 is 16.1 Å². The molecule has 0 aromatic heterocycles. The second kappa shape index (κ2) is 8.84. The molecular formula is C21H27N3O4S. The number of piperazine rings is 1. The van der Waals surface area contributed by atoms with E-state index in [1.165, 1.54) is 0 Å². The fourth-order valence-corrected chi connectivity index (χ4v) is 4.52. The molecule has 0 aliphatic carbocycles. The maximum absolute atomic E-state index is 12.8. The number of rotatable bonds is 6. The Hall–Kier alpha value is -2.58. The quantitative estimate of drug-likeness (QED) is 0.778. The largest absolute Gasteiger partial charge is 0.497 e. The van der Waals surface area contributed by atoms with Gasteiger partial charge in [-0.15, -0.1) is 0 Å². The summed E-state index contributed by atoms with van der Waals surface area (Å²) in [6, 6.07) is 13.5. The molecule has 0 bridgehead atoms. The second-order valence-electron chi connectivity index (χ2n) is 7.17. The van der Waals surface area contributed by atoms with E-state index in [9.17, 15) is 13.2 Å². The van der Waals surface area contributed by atoms with Crippen molar-refractivity contribution in [2.24, 2.45) is 0 Å². The highest BCUT2D eigenvalue weighted by atomic mass is 32.2. The predicted molar refractivity (Wildman–Crippen MR) is 113 cm³/mol. The summed E-state index contributed by atoms with van der Waals surface area (Å²) in [7, 11) is -2.11. The fraction of sp³-hybridized carbons (Fsp3) is 0.381. The molecule has 2 aromatic rings. The average molecular weight is 418 g/mol. The number of hydrogen-bond donors (Lipinski definition) is 1. The van der Waals surface area contributed by atoms with Crippen molar-refractivity contribution in [3.8, 4) is 5.75 Å². The summed E-state index contributed by atoms with van der Waals surface area (Å²) in [5.41, 5.74) is 2.05. The highest BCUT2D eigenvalue weighted by molar-refractivity contribution is 7.89. The molecule has 7 nitrogen and oxygen atoms in total. The Bertz CT molecular complexity index is 935.